The van der Waals surface area contributed by atoms with Crippen LogP contribution in [0.4, 0.5) is 0 Å². The number of nitrogens with one attached hydrogen (secondary N) is 3. The average molecular weight is 548 g/mol. The molecule has 9 heteroatoms. The Bertz CT molecular complexity index is 949. The number of aromatic amines is 1. The summed E-state index contributed by atoms with van der Waals surface area (Å²) in [6.07, 6.45) is 6.03. The predicted molar refractivity (Wildman–Crippen MR) is 135 cm³/mol. The van der Waals surface area contributed by atoms with Crippen molar-refractivity contribution in [3.63, 3.8) is 0 Å². The first-order chi connectivity index (χ1) is 13.9. The largest absolute Gasteiger partial charge is 0.361 e. The molecule has 1 aliphatic heterocycles. The zero-order chi connectivity index (χ0) is 20.9. The van der Waals surface area contributed by atoms with Gasteiger partial charge in [-0.05, 0) is 56.2 Å². The second-order valence-electron chi connectivity index (χ2n) is 7.81. The first-order valence-electron chi connectivity index (χ1n) is 10.4. The van der Waals surface area contributed by atoms with E-state index in [-0.39, 0.29) is 24.0 Å². The lowest BCUT2D eigenvalue weighted by Crippen LogP contribution is -2.40. The third kappa shape index (κ3) is 6.58. The number of aliphatic imine (C=N–C) groups is 1. The van der Waals surface area contributed by atoms with Crippen LogP contribution >= 0.6 is 24.0 Å². The predicted octanol–water partition coefficient (Wildman–Crippen LogP) is 2.86. The van der Waals surface area contributed by atoms with Gasteiger partial charge >= 0.3 is 0 Å². The van der Waals surface area contributed by atoms with Crippen LogP contribution in [0.5, 0.6) is 0 Å². The van der Waals surface area contributed by atoms with Crippen LogP contribution in [0.25, 0.3) is 10.9 Å². The normalized spacial score (nSPS) is 16.4. The van der Waals surface area contributed by atoms with Crippen molar-refractivity contribution >= 4 is 50.9 Å². The topological polar surface area (TPSA) is 89.6 Å². The van der Waals surface area contributed by atoms with Crippen molar-refractivity contribution in [3.05, 3.63) is 35.5 Å². The van der Waals surface area contributed by atoms with Crippen molar-refractivity contribution in [2.75, 3.05) is 39.0 Å². The van der Waals surface area contributed by atoms with Gasteiger partial charge in [0, 0.05) is 49.8 Å². The highest BCUT2D eigenvalue weighted by Crippen LogP contribution is 2.22. The smallest absolute Gasteiger partial charge is 0.211 e. The van der Waals surface area contributed by atoms with E-state index in [9.17, 15) is 8.42 Å². The molecular weight excluding hydrogens is 513 g/mol. The quantitative estimate of drug-likeness (QED) is 0.283. The van der Waals surface area contributed by atoms with Gasteiger partial charge in [-0.1, -0.05) is 12.1 Å². The lowest BCUT2D eigenvalue weighted by atomic mass is 9.98. The Kier molecular flexibility index (Phi) is 9.42. The molecule has 168 valence electrons. The number of halogens is 1. The molecule has 0 aliphatic carbocycles. The minimum atomic E-state index is -3.07. The number of rotatable bonds is 7. The number of nitrogens with zero attached hydrogens (tertiary/aromatic N) is 2. The molecule has 0 radical (unpaired) electrons. The van der Waals surface area contributed by atoms with Crippen LogP contribution in [-0.4, -0.2) is 62.6 Å². The SMILES string of the molecule is CCNC(=NCC1CCN(S(C)(=O)=O)CC1)NCCc1c[nH]c2cccc(C)c12.I. The van der Waals surface area contributed by atoms with Crippen LogP contribution in [0, 0.1) is 12.8 Å². The van der Waals surface area contributed by atoms with Gasteiger partial charge in [-0.3, -0.25) is 4.99 Å². The van der Waals surface area contributed by atoms with Gasteiger partial charge in [0.25, 0.3) is 0 Å². The average Bonchev–Trinajstić information content (AvgIpc) is 3.10. The van der Waals surface area contributed by atoms with Crippen LogP contribution in [0.1, 0.15) is 30.9 Å². The molecule has 0 amide bonds. The summed E-state index contributed by atoms with van der Waals surface area (Å²) >= 11 is 0. The number of hydrogen-bond acceptors (Lipinski definition) is 3. The van der Waals surface area contributed by atoms with E-state index in [2.05, 4.69) is 53.9 Å². The van der Waals surface area contributed by atoms with Gasteiger partial charge in [0.05, 0.1) is 6.26 Å². The van der Waals surface area contributed by atoms with Gasteiger partial charge in [-0.15, -0.1) is 24.0 Å². The summed E-state index contributed by atoms with van der Waals surface area (Å²) in [6.45, 7) is 7.74. The van der Waals surface area contributed by atoms with E-state index >= 15 is 0 Å². The highest BCUT2D eigenvalue weighted by Gasteiger charge is 2.24. The van der Waals surface area contributed by atoms with Crippen LogP contribution in [0.3, 0.4) is 0 Å². The van der Waals surface area contributed by atoms with Crippen LogP contribution in [0.15, 0.2) is 29.4 Å². The zero-order valence-corrected chi connectivity index (χ0v) is 21.2. The molecular formula is C21H34IN5O2S. The highest BCUT2D eigenvalue weighted by molar-refractivity contribution is 14.0. The Balaban J connectivity index is 0.00000320. The fourth-order valence-electron chi connectivity index (χ4n) is 3.95. The maximum atomic E-state index is 11.6. The number of fused-ring (bicyclic) bond motifs is 1. The number of sulfonamides is 1. The first-order valence-corrected chi connectivity index (χ1v) is 12.3. The Hall–Kier alpha value is -1.33. The summed E-state index contributed by atoms with van der Waals surface area (Å²) in [6, 6.07) is 6.33. The molecule has 2 heterocycles. The summed E-state index contributed by atoms with van der Waals surface area (Å²) < 4.78 is 24.8. The molecule has 2 aromatic rings. The number of benzene rings is 1. The molecule has 30 heavy (non-hydrogen) atoms. The molecule has 1 aliphatic rings. The van der Waals surface area contributed by atoms with Gasteiger partial charge in [0.15, 0.2) is 5.96 Å². The van der Waals surface area contributed by atoms with E-state index in [0.717, 1.165) is 44.9 Å². The summed E-state index contributed by atoms with van der Waals surface area (Å²) in [5.41, 5.74) is 3.79. The molecule has 3 N–H and O–H groups in total. The van der Waals surface area contributed by atoms with Crippen molar-refractivity contribution in [2.24, 2.45) is 10.9 Å². The minimum absolute atomic E-state index is 0. The molecule has 1 aromatic carbocycles. The first kappa shape index (κ1) is 24.9. The van der Waals surface area contributed by atoms with Crippen molar-refractivity contribution < 1.29 is 8.42 Å². The Morgan fingerprint density at radius 2 is 2.00 bits per heavy atom. The number of aromatic nitrogens is 1. The van der Waals surface area contributed by atoms with Crippen molar-refractivity contribution in [3.8, 4) is 0 Å². The Labute approximate surface area is 197 Å². The lowest BCUT2D eigenvalue weighted by molar-refractivity contribution is 0.280. The van der Waals surface area contributed by atoms with E-state index in [1.165, 1.54) is 28.3 Å². The number of aryl methyl sites for hydroxylation is 1. The van der Waals surface area contributed by atoms with E-state index in [4.69, 9.17) is 4.99 Å². The van der Waals surface area contributed by atoms with Crippen molar-refractivity contribution in [2.45, 2.75) is 33.1 Å². The van der Waals surface area contributed by atoms with Crippen LogP contribution in [0.2, 0.25) is 0 Å². The van der Waals surface area contributed by atoms with Gasteiger partial charge in [-0.25, -0.2) is 12.7 Å². The molecule has 3 rings (SSSR count). The number of hydrogen-bond donors (Lipinski definition) is 3. The van der Waals surface area contributed by atoms with E-state index in [0.29, 0.717) is 19.0 Å². The Morgan fingerprint density at radius 3 is 2.67 bits per heavy atom. The van der Waals surface area contributed by atoms with E-state index in [1.54, 1.807) is 4.31 Å². The van der Waals surface area contributed by atoms with E-state index in [1.807, 2.05) is 0 Å². The summed E-state index contributed by atoms with van der Waals surface area (Å²) in [5, 5.41) is 8.06. The van der Waals surface area contributed by atoms with Crippen molar-refractivity contribution in [1.82, 2.24) is 19.9 Å². The summed E-state index contributed by atoms with van der Waals surface area (Å²) in [4.78, 5) is 8.10. The minimum Gasteiger partial charge on any atom is -0.361 e. The fourth-order valence-corrected chi connectivity index (χ4v) is 4.82. The molecule has 0 bridgehead atoms. The Morgan fingerprint density at radius 1 is 1.27 bits per heavy atom. The van der Waals surface area contributed by atoms with Crippen molar-refractivity contribution in [1.29, 1.82) is 0 Å². The van der Waals surface area contributed by atoms with Gasteiger partial charge in [0.2, 0.25) is 10.0 Å². The second kappa shape index (κ2) is 11.3. The monoisotopic (exact) mass is 547 g/mol. The number of guanidine groups is 1. The standard InChI is InChI=1S/C21H33N5O2S.HI/c1-4-22-21(25-14-17-9-12-26(13-10-17)29(3,27)28)23-11-8-18-15-24-19-7-5-6-16(2)20(18)19;/h5-7,15,17,24H,4,8-14H2,1-3H3,(H2,22,23,25);1H. The maximum Gasteiger partial charge on any atom is 0.211 e. The summed E-state index contributed by atoms with van der Waals surface area (Å²) in [7, 11) is -3.07. The molecule has 0 atom stereocenters. The zero-order valence-electron chi connectivity index (χ0n) is 18.1. The van der Waals surface area contributed by atoms with Gasteiger partial charge in [-0.2, -0.15) is 0 Å². The lowest BCUT2D eigenvalue weighted by Gasteiger charge is -2.29. The van der Waals surface area contributed by atoms with Crippen LogP contribution in [-0.2, 0) is 16.4 Å². The molecule has 1 fully saturated rings. The maximum absolute atomic E-state index is 11.6. The van der Waals surface area contributed by atoms with E-state index < -0.39 is 10.0 Å². The second-order valence-corrected chi connectivity index (χ2v) is 9.80. The third-order valence-corrected chi connectivity index (χ3v) is 6.88. The van der Waals surface area contributed by atoms with Gasteiger partial charge < -0.3 is 15.6 Å². The molecule has 1 aromatic heterocycles. The third-order valence-electron chi connectivity index (χ3n) is 5.58. The highest BCUT2D eigenvalue weighted by atomic mass is 127. The molecule has 0 saturated carbocycles. The molecule has 0 unspecified atom stereocenters. The molecule has 7 nitrogen and oxygen atoms in total. The molecule has 0 spiro atoms. The number of piperidine rings is 1. The molecule has 1 saturated heterocycles. The fraction of sp³-hybridized carbons (Fsp3) is 0.571. The van der Waals surface area contributed by atoms with Gasteiger partial charge in [0.1, 0.15) is 0 Å². The van der Waals surface area contributed by atoms with Crippen LogP contribution < -0.4 is 10.6 Å². The number of H-pyrrole nitrogens is 1. The summed E-state index contributed by atoms with van der Waals surface area (Å²) in [5.74, 6) is 1.26.